The Morgan fingerprint density at radius 1 is 0.882 bits per heavy atom. The van der Waals surface area contributed by atoms with Gasteiger partial charge < -0.3 is 0 Å². The van der Waals surface area contributed by atoms with Crippen LogP contribution in [0.1, 0.15) is 11.6 Å². The van der Waals surface area contributed by atoms with Gasteiger partial charge in [-0.15, -0.1) is 0 Å². The van der Waals surface area contributed by atoms with Crippen molar-refractivity contribution in [1.82, 2.24) is 0 Å². The summed E-state index contributed by atoms with van der Waals surface area (Å²) in [6.07, 6.45) is 0. The number of nitrogens with zero attached hydrogens (tertiary/aromatic N) is 3. The summed E-state index contributed by atoms with van der Waals surface area (Å²) in [5.41, 5.74) is 1.61. The molecule has 0 aliphatic rings. The fourth-order valence-corrected chi connectivity index (χ4v) is 1.42. The van der Waals surface area contributed by atoms with Crippen LogP contribution in [0.4, 0.5) is 5.69 Å². The summed E-state index contributed by atoms with van der Waals surface area (Å²) in [5.74, 6) is 0. The third kappa shape index (κ3) is 2.99. The van der Waals surface area contributed by atoms with Crippen molar-refractivity contribution in [3.05, 3.63) is 66.2 Å². The average Bonchev–Trinajstić information content (AvgIpc) is 2.42. The molecule has 0 aromatic heterocycles. The van der Waals surface area contributed by atoms with E-state index in [0.717, 1.165) is 11.3 Å². The van der Waals surface area contributed by atoms with Crippen molar-refractivity contribution in [2.45, 2.75) is 6.04 Å². The van der Waals surface area contributed by atoms with E-state index in [9.17, 15) is 0 Å². The van der Waals surface area contributed by atoms with Crippen molar-refractivity contribution in [2.24, 2.45) is 10.2 Å². The minimum absolute atomic E-state index is 0.545. The second-order valence-electron chi connectivity index (χ2n) is 3.49. The first-order valence-corrected chi connectivity index (χ1v) is 5.30. The van der Waals surface area contributed by atoms with Crippen LogP contribution >= 0.6 is 0 Å². The molecule has 0 amide bonds. The lowest BCUT2D eigenvalue weighted by Crippen LogP contribution is -1.89. The minimum Gasteiger partial charge on any atom is -0.195 e. The van der Waals surface area contributed by atoms with Gasteiger partial charge in [-0.2, -0.15) is 15.5 Å². The molecule has 2 rings (SSSR count). The van der Waals surface area contributed by atoms with Gasteiger partial charge in [-0.3, -0.25) is 0 Å². The average molecular weight is 221 g/mol. The fourth-order valence-electron chi connectivity index (χ4n) is 1.42. The van der Waals surface area contributed by atoms with Gasteiger partial charge in [0.1, 0.15) is 0 Å². The molecule has 1 unspecified atom stereocenters. The highest BCUT2D eigenvalue weighted by molar-refractivity contribution is 5.35. The molecule has 3 nitrogen and oxygen atoms in total. The molecule has 2 aromatic carbocycles. The zero-order valence-corrected chi connectivity index (χ0v) is 9.19. The molecular weight excluding hydrogens is 210 g/mol. The molecule has 0 heterocycles. The van der Waals surface area contributed by atoms with Crippen LogP contribution in [0, 0.1) is 11.3 Å². The molecule has 3 heteroatoms. The van der Waals surface area contributed by atoms with Crippen LogP contribution in [0.3, 0.4) is 0 Å². The first-order valence-electron chi connectivity index (χ1n) is 5.30. The van der Waals surface area contributed by atoms with E-state index >= 15 is 0 Å². The molecule has 0 fully saturated rings. The maximum Gasteiger partial charge on any atom is 0.182 e. The van der Waals surface area contributed by atoms with Crippen LogP contribution in [-0.2, 0) is 0 Å². The predicted octanol–water partition coefficient (Wildman–Crippen LogP) is 4.04. The van der Waals surface area contributed by atoms with Crippen molar-refractivity contribution in [3.63, 3.8) is 0 Å². The molecule has 17 heavy (non-hydrogen) atoms. The summed E-state index contributed by atoms with van der Waals surface area (Å²) in [5, 5.41) is 17.2. The van der Waals surface area contributed by atoms with Crippen molar-refractivity contribution >= 4 is 5.69 Å². The SMILES string of the molecule is N#CC(N=Nc1ccccc1)c1ccccc1. The normalized spacial score (nSPS) is 12.2. The van der Waals surface area contributed by atoms with Gasteiger partial charge in [0.2, 0.25) is 0 Å². The van der Waals surface area contributed by atoms with Crippen LogP contribution in [0.15, 0.2) is 70.9 Å². The zero-order valence-electron chi connectivity index (χ0n) is 9.19. The van der Waals surface area contributed by atoms with Gasteiger partial charge in [0.15, 0.2) is 6.04 Å². The Kier molecular flexibility index (Phi) is 3.61. The minimum atomic E-state index is -0.545. The summed E-state index contributed by atoms with van der Waals surface area (Å²) in [6, 6.07) is 20.4. The molecule has 0 aliphatic heterocycles. The molecule has 82 valence electrons. The van der Waals surface area contributed by atoms with E-state index in [1.165, 1.54) is 0 Å². The molecule has 0 spiro atoms. The number of azo groups is 1. The van der Waals surface area contributed by atoms with Crippen LogP contribution < -0.4 is 0 Å². The Balaban J connectivity index is 2.17. The summed E-state index contributed by atoms with van der Waals surface area (Å²) in [6.45, 7) is 0. The monoisotopic (exact) mass is 221 g/mol. The lowest BCUT2D eigenvalue weighted by atomic mass is 10.1. The summed E-state index contributed by atoms with van der Waals surface area (Å²) in [4.78, 5) is 0. The lowest BCUT2D eigenvalue weighted by molar-refractivity contribution is 0.852. The molecule has 1 atom stereocenters. The molecule has 0 radical (unpaired) electrons. The van der Waals surface area contributed by atoms with Gasteiger partial charge in [-0.25, -0.2) is 0 Å². The molecular formula is C14H11N3. The summed E-state index contributed by atoms with van der Waals surface area (Å²) >= 11 is 0. The number of nitriles is 1. The number of rotatable bonds is 3. The second-order valence-corrected chi connectivity index (χ2v) is 3.49. The maximum atomic E-state index is 9.05. The highest BCUT2D eigenvalue weighted by atomic mass is 15.1. The van der Waals surface area contributed by atoms with Crippen LogP contribution in [0.5, 0.6) is 0 Å². The summed E-state index contributed by atoms with van der Waals surface area (Å²) in [7, 11) is 0. The third-order valence-electron chi connectivity index (χ3n) is 2.28. The van der Waals surface area contributed by atoms with Crippen molar-refractivity contribution < 1.29 is 0 Å². The Labute approximate surface area is 100 Å². The molecule has 0 saturated carbocycles. The Hall–Kier alpha value is -2.47. The maximum absolute atomic E-state index is 9.05. The largest absolute Gasteiger partial charge is 0.195 e. The Bertz CT molecular complexity index is 526. The van der Waals surface area contributed by atoms with Crippen molar-refractivity contribution in [2.75, 3.05) is 0 Å². The van der Waals surface area contributed by atoms with Gasteiger partial charge >= 0.3 is 0 Å². The standard InChI is InChI=1S/C14H11N3/c15-11-14(12-7-3-1-4-8-12)17-16-13-9-5-2-6-10-13/h1-10,14H. The van der Waals surface area contributed by atoms with E-state index < -0.39 is 6.04 Å². The third-order valence-corrected chi connectivity index (χ3v) is 2.28. The zero-order chi connectivity index (χ0) is 11.9. The van der Waals surface area contributed by atoms with Gasteiger partial charge in [-0.1, -0.05) is 48.5 Å². The second kappa shape index (κ2) is 5.57. The number of hydrogen-bond acceptors (Lipinski definition) is 3. The molecule has 0 bridgehead atoms. The number of benzene rings is 2. The van der Waals surface area contributed by atoms with E-state index in [4.69, 9.17) is 5.26 Å². The van der Waals surface area contributed by atoms with Crippen molar-refractivity contribution in [3.8, 4) is 6.07 Å². The molecule has 0 saturated heterocycles. The van der Waals surface area contributed by atoms with Gasteiger partial charge in [0.05, 0.1) is 11.8 Å². The predicted molar refractivity (Wildman–Crippen MR) is 65.8 cm³/mol. The van der Waals surface area contributed by atoms with Gasteiger partial charge in [0, 0.05) is 0 Å². The fraction of sp³-hybridized carbons (Fsp3) is 0.0714. The Morgan fingerprint density at radius 2 is 1.47 bits per heavy atom. The topological polar surface area (TPSA) is 48.5 Å². The van der Waals surface area contributed by atoms with Crippen LogP contribution in [-0.4, -0.2) is 0 Å². The molecule has 2 aromatic rings. The highest BCUT2D eigenvalue weighted by Crippen LogP contribution is 2.19. The van der Waals surface area contributed by atoms with E-state index in [-0.39, 0.29) is 0 Å². The molecule has 0 N–H and O–H groups in total. The van der Waals surface area contributed by atoms with E-state index in [2.05, 4.69) is 16.3 Å². The van der Waals surface area contributed by atoms with Gasteiger partial charge in [0.25, 0.3) is 0 Å². The Morgan fingerprint density at radius 3 is 2.06 bits per heavy atom. The van der Waals surface area contributed by atoms with Crippen LogP contribution in [0.25, 0.3) is 0 Å². The first kappa shape index (κ1) is 11.0. The quantitative estimate of drug-likeness (QED) is 0.721. The first-order chi connectivity index (χ1) is 8.40. The smallest absolute Gasteiger partial charge is 0.182 e. The van der Waals surface area contributed by atoms with E-state index in [1.54, 1.807) is 0 Å². The lowest BCUT2D eigenvalue weighted by Gasteiger charge is -2.01. The van der Waals surface area contributed by atoms with Gasteiger partial charge in [-0.05, 0) is 17.7 Å². The van der Waals surface area contributed by atoms with Crippen molar-refractivity contribution in [1.29, 1.82) is 5.26 Å². The number of hydrogen-bond donors (Lipinski definition) is 0. The van der Waals surface area contributed by atoms with E-state index in [1.807, 2.05) is 60.7 Å². The highest BCUT2D eigenvalue weighted by Gasteiger charge is 2.07. The van der Waals surface area contributed by atoms with Crippen LogP contribution in [0.2, 0.25) is 0 Å². The summed E-state index contributed by atoms with van der Waals surface area (Å²) < 4.78 is 0. The molecule has 0 aliphatic carbocycles. The van der Waals surface area contributed by atoms with E-state index in [0.29, 0.717) is 0 Å².